The lowest BCUT2D eigenvalue weighted by Gasteiger charge is -2.14. The molecule has 9 heteroatoms. The van der Waals surface area contributed by atoms with Crippen molar-refractivity contribution in [1.82, 2.24) is 4.90 Å². The van der Waals surface area contributed by atoms with Crippen LogP contribution in [0.2, 0.25) is 10.0 Å². The molecule has 4 rings (SSSR count). The number of ether oxygens (including phenoxy) is 3. The lowest BCUT2D eigenvalue weighted by Crippen LogP contribution is -2.27. The minimum atomic E-state index is -0.382. The third-order valence-corrected chi connectivity index (χ3v) is 6.63. The fraction of sp³-hybridized carbons (Fsp3) is 0.185. The van der Waals surface area contributed by atoms with Gasteiger partial charge in [0.25, 0.3) is 11.1 Å². The molecule has 0 aliphatic carbocycles. The van der Waals surface area contributed by atoms with Gasteiger partial charge in [-0.05, 0) is 72.3 Å². The van der Waals surface area contributed by atoms with Crippen LogP contribution < -0.4 is 14.2 Å². The smallest absolute Gasteiger partial charge is 0.293 e. The molecule has 0 radical (unpaired) electrons. The molecule has 1 heterocycles. The van der Waals surface area contributed by atoms with Gasteiger partial charge in [0.1, 0.15) is 19.0 Å². The highest BCUT2D eigenvalue weighted by atomic mass is 35.5. The van der Waals surface area contributed by atoms with Crippen molar-refractivity contribution >= 4 is 52.2 Å². The van der Waals surface area contributed by atoms with E-state index in [-0.39, 0.29) is 17.7 Å². The van der Waals surface area contributed by atoms with Crippen LogP contribution >= 0.6 is 35.0 Å². The Morgan fingerprint density at radius 3 is 2.42 bits per heavy atom. The lowest BCUT2D eigenvalue weighted by atomic mass is 10.1. The number of halogens is 2. The van der Waals surface area contributed by atoms with Crippen molar-refractivity contribution in [3.63, 3.8) is 0 Å². The minimum Gasteiger partial charge on any atom is -0.490 e. The summed E-state index contributed by atoms with van der Waals surface area (Å²) in [7, 11) is 0. The second kappa shape index (κ2) is 12.2. The number of rotatable bonds is 10. The summed E-state index contributed by atoms with van der Waals surface area (Å²) in [6.45, 7) is 3.10. The molecule has 0 atom stereocenters. The minimum absolute atomic E-state index is 0.0695. The van der Waals surface area contributed by atoms with Crippen LogP contribution in [0.1, 0.15) is 18.1 Å². The first-order valence-corrected chi connectivity index (χ1v) is 12.8. The van der Waals surface area contributed by atoms with Crippen LogP contribution in [-0.4, -0.2) is 35.9 Å². The third kappa shape index (κ3) is 6.55. The highest BCUT2D eigenvalue weighted by Crippen LogP contribution is 2.36. The van der Waals surface area contributed by atoms with Gasteiger partial charge in [-0.2, -0.15) is 0 Å². The molecule has 2 amide bonds. The Bertz CT molecular complexity index is 1280. The second-order valence-corrected chi connectivity index (χ2v) is 9.49. The Hall–Kier alpha value is -3.13. The molecule has 0 N–H and O–H groups in total. The molecule has 1 saturated heterocycles. The lowest BCUT2D eigenvalue weighted by molar-refractivity contribution is -0.123. The van der Waals surface area contributed by atoms with Crippen LogP contribution in [0.4, 0.5) is 4.79 Å². The molecule has 6 nitrogen and oxygen atoms in total. The Labute approximate surface area is 223 Å². The predicted octanol–water partition coefficient (Wildman–Crippen LogP) is 7.09. The maximum atomic E-state index is 12.9. The Balaban J connectivity index is 1.43. The number of nitrogens with zero attached hydrogens (tertiary/aromatic N) is 1. The van der Waals surface area contributed by atoms with E-state index in [4.69, 9.17) is 37.4 Å². The molecule has 186 valence electrons. The average molecular weight is 544 g/mol. The number of carbonyl (C=O) groups excluding carboxylic acids is 2. The number of hydrogen-bond acceptors (Lipinski definition) is 6. The number of amides is 2. The molecule has 0 aromatic heterocycles. The summed E-state index contributed by atoms with van der Waals surface area (Å²) in [6.07, 6.45) is 1.67. The SMILES string of the molecule is CCOc1cc(/C=C2\SC(=O)N(Cc3ccc(Cl)cc3Cl)C2=O)ccc1OCCOc1ccccc1. The number of imide groups is 1. The van der Waals surface area contributed by atoms with Gasteiger partial charge in [-0.25, -0.2) is 0 Å². The number of para-hydroxylation sites is 1. The summed E-state index contributed by atoms with van der Waals surface area (Å²) in [5, 5.41) is 0.524. The van der Waals surface area contributed by atoms with E-state index >= 15 is 0 Å². The largest absolute Gasteiger partial charge is 0.490 e. The van der Waals surface area contributed by atoms with E-state index in [9.17, 15) is 9.59 Å². The van der Waals surface area contributed by atoms with E-state index in [1.165, 1.54) is 4.90 Å². The zero-order valence-corrected chi connectivity index (χ0v) is 21.7. The molecular formula is C27H23Cl2NO5S. The Morgan fingerprint density at radius 2 is 1.67 bits per heavy atom. The van der Waals surface area contributed by atoms with Gasteiger partial charge in [-0.1, -0.05) is 53.5 Å². The van der Waals surface area contributed by atoms with Crippen LogP contribution in [0, 0.1) is 0 Å². The summed E-state index contributed by atoms with van der Waals surface area (Å²) < 4.78 is 17.2. The molecule has 0 saturated carbocycles. The van der Waals surface area contributed by atoms with Gasteiger partial charge in [-0.3, -0.25) is 14.5 Å². The maximum Gasteiger partial charge on any atom is 0.293 e. The number of thioether (sulfide) groups is 1. The van der Waals surface area contributed by atoms with E-state index < -0.39 is 0 Å². The van der Waals surface area contributed by atoms with Gasteiger partial charge < -0.3 is 14.2 Å². The van der Waals surface area contributed by atoms with Crippen molar-refractivity contribution in [3.05, 3.63) is 92.8 Å². The number of hydrogen-bond donors (Lipinski definition) is 0. The predicted molar refractivity (Wildman–Crippen MR) is 143 cm³/mol. The fourth-order valence-electron chi connectivity index (χ4n) is 3.44. The van der Waals surface area contributed by atoms with E-state index in [0.29, 0.717) is 57.4 Å². The van der Waals surface area contributed by atoms with E-state index in [0.717, 1.165) is 17.5 Å². The Kier molecular flexibility index (Phi) is 8.80. The standard InChI is InChI=1S/C27H23Cl2NO5S/c1-2-33-24-14-18(8-11-23(24)35-13-12-34-21-6-4-3-5-7-21)15-25-26(31)30(27(32)36-25)17-19-9-10-20(28)16-22(19)29/h3-11,14-16H,2,12-13,17H2,1H3/b25-15-. The fourth-order valence-corrected chi connectivity index (χ4v) is 4.74. The number of carbonyl (C=O) groups is 2. The molecule has 1 aliphatic rings. The maximum absolute atomic E-state index is 12.9. The van der Waals surface area contributed by atoms with E-state index in [2.05, 4.69) is 0 Å². The zero-order chi connectivity index (χ0) is 25.5. The quantitative estimate of drug-likeness (QED) is 0.201. The van der Waals surface area contributed by atoms with Gasteiger partial charge in [0.05, 0.1) is 18.1 Å². The summed E-state index contributed by atoms with van der Waals surface area (Å²) in [6, 6.07) is 19.8. The molecule has 0 spiro atoms. The normalized spacial score (nSPS) is 14.4. The van der Waals surface area contributed by atoms with Crippen molar-refractivity contribution in [2.75, 3.05) is 19.8 Å². The zero-order valence-electron chi connectivity index (χ0n) is 19.4. The first-order valence-electron chi connectivity index (χ1n) is 11.2. The molecule has 3 aromatic carbocycles. The van der Waals surface area contributed by atoms with Gasteiger partial charge in [0, 0.05) is 10.0 Å². The van der Waals surface area contributed by atoms with E-state index in [1.54, 1.807) is 42.5 Å². The van der Waals surface area contributed by atoms with Gasteiger partial charge in [-0.15, -0.1) is 0 Å². The summed E-state index contributed by atoms with van der Waals surface area (Å²) in [5.41, 5.74) is 1.35. The molecule has 0 unspecified atom stereocenters. The van der Waals surface area contributed by atoms with Crippen molar-refractivity contribution in [1.29, 1.82) is 0 Å². The van der Waals surface area contributed by atoms with Crippen molar-refractivity contribution in [2.24, 2.45) is 0 Å². The average Bonchev–Trinajstić information content (AvgIpc) is 3.12. The Morgan fingerprint density at radius 1 is 0.889 bits per heavy atom. The summed E-state index contributed by atoms with van der Waals surface area (Å²) in [5.74, 6) is 1.50. The summed E-state index contributed by atoms with van der Waals surface area (Å²) in [4.78, 5) is 27.0. The van der Waals surface area contributed by atoms with E-state index in [1.807, 2.05) is 37.3 Å². The van der Waals surface area contributed by atoms with Crippen molar-refractivity contribution in [3.8, 4) is 17.2 Å². The first-order chi connectivity index (χ1) is 17.4. The highest BCUT2D eigenvalue weighted by molar-refractivity contribution is 8.18. The molecular weight excluding hydrogens is 521 g/mol. The van der Waals surface area contributed by atoms with Crippen molar-refractivity contribution in [2.45, 2.75) is 13.5 Å². The van der Waals surface area contributed by atoms with Crippen LogP contribution in [-0.2, 0) is 11.3 Å². The summed E-state index contributed by atoms with van der Waals surface area (Å²) >= 11 is 13.0. The topological polar surface area (TPSA) is 65.1 Å². The van der Waals surface area contributed by atoms with Crippen LogP contribution in [0.5, 0.6) is 17.2 Å². The van der Waals surface area contributed by atoms with Gasteiger partial charge >= 0.3 is 0 Å². The molecule has 0 bridgehead atoms. The van der Waals surface area contributed by atoms with Gasteiger partial charge in [0.15, 0.2) is 11.5 Å². The third-order valence-electron chi connectivity index (χ3n) is 5.14. The molecule has 1 aliphatic heterocycles. The van der Waals surface area contributed by atoms with Crippen LogP contribution in [0.25, 0.3) is 6.08 Å². The van der Waals surface area contributed by atoms with Crippen LogP contribution in [0.15, 0.2) is 71.6 Å². The molecule has 3 aromatic rings. The first kappa shape index (κ1) is 25.9. The number of benzene rings is 3. The highest BCUT2D eigenvalue weighted by Gasteiger charge is 2.35. The van der Waals surface area contributed by atoms with Gasteiger partial charge in [0.2, 0.25) is 0 Å². The molecule has 1 fully saturated rings. The second-order valence-electron chi connectivity index (χ2n) is 7.65. The monoisotopic (exact) mass is 543 g/mol. The van der Waals surface area contributed by atoms with Crippen LogP contribution in [0.3, 0.4) is 0 Å². The van der Waals surface area contributed by atoms with Crippen molar-refractivity contribution < 1.29 is 23.8 Å². The molecule has 36 heavy (non-hydrogen) atoms.